The molecule has 0 heterocycles. The summed E-state index contributed by atoms with van der Waals surface area (Å²) in [6.07, 6.45) is 0.108. The Morgan fingerprint density at radius 2 is 1.56 bits per heavy atom. The highest BCUT2D eigenvalue weighted by atomic mass is 32.2. The minimum Gasteiger partial charge on any atom is -0.457 e. The quantitative estimate of drug-likeness (QED) is 0.642. The molecule has 0 aromatic heterocycles. The van der Waals surface area contributed by atoms with Crippen LogP contribution in [0.15, 0.2) is 59.5 Å². The molecule has 0 bridgehead atoms. The molecule has 0 aliphatic heterocycles. The summed E-state index contributed by atoms with van der Waals surface area (Å²) in [4.78, 5) is 9.40. The number of nitrogens with two attached hydrogens (primary N) is 3. The summed E-state index contributed by atoms with van der Waals surface area (Å²) in [7, 11) is -4.17. The van der Waals surface area contributed by atoms with Crippen LogP contribution in [0.5, 0.6) is 11.5 Å². The molecule has 0 saturated heterocycles. The Bertz CT molecular complexity index is 823. The highest BCUT2D eigenvalue weighted by Gasteiger charge is 2.46. The summed E-state index contributed by atoms with van der Waals surface area (Å²) in [5, 5.41) is 0. The Morgan fingerprint density at radius 1 is 1.00 bits per heavy atom. The van der Waals surface area contributed by atoms with E-state index in [-0.39, 0.29) is 24.3 Å². The van der Waals surface area contributed by atoms with E-state index in [9.17, 15) is 13.2 Å². The number of hydrogen-bond donors (Lipinski definition) is 3. The van der Waals surface area contributed by atoms with Crippen LogP contribution in [0.2, 0.25) is 0 Å². The molecule has 134 valence electrons. The van der Waals surface area contributed by atoms with E-state index in [1.165, 1.54) is 24.3 Å². The molecular formula is C17H21N3O4S. The van der Waals surface area contributed by atoms with Gasteiger partial charge in [-0.1, -0.05) is 18.2 Å². The van der Waals surface area contributed by atoms with E-state index in [0.29, 0.717) is 11.5 Å². The van der Waals surface area contributed by atoms with Gasteiger partial charge in [0.1, 0.15) is 11.5 Å². The van der Waals surface area contributed by atoms with Gasteiger partial charge in [-0.25, -0.2) is 8.42 Å². The van der Waals surface area contributed by atoms with Crippen LogP contribution in [-0.2, 0) is 14.6 Å². The average Bonchev–Trinajstić information content (AvgIpc) is 2.60. The van der Waals surface area contributed by atoms with Crippen molar-refractivity contribution in [2.24, 2.45) is 17.2 Å². The first-order valence-electron chi connectivity index (χ1n) is 7.68. The molecule has 1 amide bonds. The van der Waals surface area contributed by atoms with E-state index >= 15 is 0 Å². The van der Waals surface area contributed by atoms with E-state index in [0.717, 1.165) is 0 Å². The van der Waals surface area contributed by atoms with Crippen molar-refractivity contribution in [1.82, 2.24) is 0 Å². The highest BCUT2D eigenvalue weighted by molar-refractivity contribution is 7.93. The molecular weight excluding hydrogens is 342 g/mol. The molecule has 2 aromatic rings. The molecule has 0 spiro atoms. The molecule has 0 aliphatic rings. The van der Waals surface area contributed by atoms with E-state index in [1.807, 2.05) is 18.2 Å². The molecule has 0 aliphatic carbocycles. The van der Waals surface area contributed by atoms with Gasteiger partial charge in [-0.05, 0) is 55.8 Å². The molecule has 7 nitrogen and oxygen atoms in total. The molecule has 0 unspecified atom stereocenters. The third-order valence-electron chi connectivity index (χ3n) is 3.76. The maximum absolute atomic E-state index is 12.8. The van der Waals surface area contributed by atoms with Gasteiger partial charge >= 0.3 is 0 Å². The first-order valence-corrected chi connectivity index (χ1v) is 9.16. The molecule has 6 N–H and O–H groups in total. The second kappa shape index (κ2) is 7.64. The van der Waals surface area contributed by atoms with Crippen molar-refractivity contribution in [2.45, 2.75) is 22.6 Å². The van der Waals surface area contributed by atoms with Crippen LogP contribution in [0.3, 0.4) is 0 Å². The van der Waals surface area contributed by atoms with Crippen LogP contribution in [0, 0.1) is 0 Å². The summed E-state index contributed by atoms with van der Waals surface area (Å²) in [5.74, 6) is -0.0364. The van der Waals surface area contributed by atoms with E-state index in [1.54, 1.807) is 12.1 Å². The normalized spacial score (nSPS) is 13.8. The zero-order valence-electron chi connectivity index (χ0n) is 13.6. The molecule has 2 aromatic carbocycles. The Hall–Kier alpha value is -2.42. The van der Waals surface area contributed by atoms with Gasteiger partial charge in [0, 0.05) is 0 Å². The van der Waals surface area contributed by atoms with Crippen molar-refractivity contribution < 1.29 is 17.9 Å². The number of benzene rings is 2. The molecule has 0 fully saturated rings. The van der Waals surface area contributed by atoms with Crippen molar-refractivity contribution in [3.8, 4) is 11.5 Å². The smallest absolute Gasteiger partial charge is 0.253 e. The molecule has 8 heteroatoms. The lowest BCUT2D eigenvalue weighted by molar-refractivity contribution is -0.120. The third kappa shape index (κ3) is 3.98. The largest absolute Gasteiger partial charge is 0.457 e. The van der Waals surface area contributed by atoms with Crippen LogP contribution in [0.4, 0.5) is 0 Å². The summed E-state index contributed by atoms with van der Waals surface area (Å²) in [6, 6.07) is 14.7. The Kier molecular flexibility index (Phi) is 5.78. The maximum atomic E-state index is 12.8. The second-order valence-corrected chi connectivity index (χ2v) is 7.74. The van der Waals surface area contributed by atoms with Gasteiger partial charge < -0.3 is 21.9 Å². The van der Waals surface area contributed by atoms with E-state index in [2.05, 4.69) is 0 Å². The van der Waals surface area contributed by atoms with Crippen LogP contribution in [0.25, 0.3) is 0 Å². The van der Waals surface area contributed by atoms with Gasteiger partial charge in [-0.2, -0.15) is 0 Å². The van der Waals surface area contributed by atoms with E-state index < -0.39 is 20.6 Å². The number of amides is 1. The highest BCUT2D eigenvalue weighted by Crippen LogP contribution is 2.28. The standard InChI is InChI=1S/C17H21N3O4S/c18-12-4-11-17(20,16(19)21)25(22,23)15-9-7-14(8-10-15)24-13-5-2-1-3-6-13/h1-3,5-10H,4,11-12,18,20H2,(H2,19,21)/t17-/m0/s1. The minimum atomic E-state index is -4.17. The SMILES string of the molecule is NCCC[C@@](N)(C(N)=O)S(=O)(=O)c1ccc(Oc2ccccc2)cc1. The Morgan fingerprint density at radius 3 is 2.08 bits per heavy atom. The molecule has 0 saturated carbocycles. The van der Waals surface area contributed by atoms with E-state index in [4.69, 9.17) is 21.9 Å². The van der Waals surface area contributed by atoms with Gasteiger partial charge in [0.05, 0.1) is 4.90 Å². The zero-order chi connectivity index (χ0) is 18.5. The van der Waals surface area contributed by atoms with Crippen molar-refractivity contribution in [3.63, 3.8) is 0 Å². The van der Waals surface area contributed by atoms with Crippen molar-refractivity contribution in [1.29, 1.82) is 0 Å². The van der Waals surface area contributed by atoms with Crippen molar-refractivity contribution >= 4 is 15.7 Å². The first kappa shape index (κ1) is 18.9. The molecule has 1 atom stereocenters. The number of rotatable bonds is 8. The summed E-state index contributed by atoms with van der Waals surface area (Å²) >= 11 is 0. The lowest BCUT2D eigenvalue weighted by Crippen LogP contribution is -2.58. The predicted molar refractivity (Wildman–Crippen MR) is 94.5 cm³/mol. The van der Waals surface area contributed by atoms with Gasteiger partial charge in [-0.3, -0.25) is 4.79 Å². The minimum absolute atomic E-state index is 0.105. The fraction of sp³-hybridized carbons (Fsp3) is 0.235. The number of primary amides is 1. The molecule has 25 heavy (non-hydrogen) atoms. The average molecular weight is 363 g/mol. The van der Waals surface area contributed by atoms with Crippen LogP contribution in [0.1, 0.15) is 12.8 Å². The summed E-state index contributed by atoms with van der Waals surface area (Å²) in [5.41, 5.74) is 16.5. The monoisotopic (exact) mass is 363 g/mol. The topological polar surface area (TPSA) is 138 Å². The van der Waals surface area contributed by atoms with Crippen LogP contribution < -0.4 is 21.9 Å². The fourth-order valence-electron chi connectivity index (χ4n) is 2.28. The number of hydrogen-bond acceptors (Lipinski definition) is 6. The number of ether oxygens (including phenoxy) is 1. The van der Waals surface area contributed by atoms with Gasteiger partial charge in [0.15, 0.2) is 0 Å². The number of sulfone groups is 1. The Balaban J connectivity index is 2.28. The zero-order valence-corrected chi connectivity index (χ0v) is 14.4. The maximum Gasteiger partial charge on any atom is 0.253 e. The first-order chi connectivity index (χ1) is 11.8. The molecule has 0 radical (unpaired) electrons. The van der Waals surface area contributed by atoms with Crippen LogP contribution in [-0.4, -0.2) is 25.7 Å². The third-order valence-corrected chi connectivity index (χ3v) is 6.02. The van der Waals surface area contributed by atoms with Gasteiger partial charge in [0.2, 0.25) is 14.7 Å². The number of para-hydroxylation sites is 1. The van der Waals surface area contributed by atoms with Crippen molar-refractivity contribution in [3.05, 3.63) is 54.6 Å². The lowest BCUT2D eigenvalue weighted by Gasteiger charge is -2.25. The Labute approximate surface area is 146 Å². The van der Waals surface area contributed by atoms with Gasteiger partial charge in [-0.15, -0.1) is 0 Å². The number of carbonyl (C=O) groups excluding carboxylic acids is 1. The predicted octanol–water partition coefficient (Wildman–Crippen LogP) is 1.13. The molecule has 2 rings (SSSR count). The second-order valence-electron chi connectivity index (χ2n) is 5.54. The summed E-state index contributed by atoms with van der Waals surface area (Å²) in [6.45, 7) is 0.200. The lowest BCUT2D eigenvalue weighted by atomic mass is 10.1. The summed E-state index contributed by atoms with van der Waals surface area (Å²) < 4.78 is 31.1. The van der Waals surface area contributed by atoms with Crippen LogP contribution >= 0.6 is 0 Å². The fourth-order valence-corrected chi connectivity index (χ4v) is 3.87. The van der Waals surface area contributed by atoms with Crippen molar-refractivity contribution in [2.75, 3.05) is 6.54 Å². The number of carbonyl (C=O) groups is 1. The van der Waals surface area contributed by atoms with Gasteiger partial charge in [0.25, 0.3) is 5.91 Å².